The largest absolute Gasteiger partial charge is 0.468 e. The molecule has 0 bridgehead atoms. The molecule has 1 aromatic carbocycles. The summed E-state index contributed by atoms with van der Waals surface area (Å²) >= 11 is 0. The molecule has 9 nitrogen and oxygen atoms in total. The molecule has 1 rings (SSSR count). The van der Waals surface area contributed by atoms with E-state index < -0.39 is 43.1 Å². The zero-order valence-corrected chi connectivity index (χ0v) is 15.6. The molecule has 25 heavy (non-hydrogen) atoms. The van der Waals surface area contributed by atoms with Crippen LogP contribution in [0.3, 0.4) is 0 Å². The first kappa shape index (κ1) is 21.0. The molecule has 0 amide bonds. The Morgan fingerprint density at radius 3 is 2.36 bits per heavy atom. The van der Waals surface area contributed by atoms with Crippen molar-refractivity contribution in [3.8, 4) is 0 Å². The molecule has 0 aliphatic heterocycles. The van der Waals surface area contributed by atoms with Crippen molar-refractivity contribution in [3.05, 3.63) is 34.4 Å². The smallest absolute Gasteiger partial charge is 0.326 e. The van der Waals surface area contributed by atoms with E-state index in [4.69, 9.17) is 4.74 Å². The second-order valence-electron chi connectivity index (χ2n) is 6.21. The first-order valence-electron chi connectivity index (χ1n) is 7.35. The van der Waals surface area contributed by atoms with E-state index in [1.807, 2.05) is 0 Å². The number of rotatable bonds is 7. The molecule has 0 aliphatic carbocycles. The van der Waals surface area contributed by atoms with Gasteiger partial charge in [-0.3, -0.25) is 14.9 Å². The molecule has 0 spiro atoms. The zero-order valence-electron chi connectivity index (χ0n) is 14.8. The van der Waals surface area contributed by atoms with Gasteiger partial charge >= 0.3 is 5.97 Å². The summed E-state index contributed by atoms with van der Waals surface area (Å²) in [7, 11) is -2.05. The van der Waals surface area contributed by atoms with E-state index in [1.165, 1.54) is 12.1 Å². The van der Waals surface area contributed by atoms with Crippen molar-refractivity contribution < 1.29 is 27.6 Å². The second kappa shape index (κ2) is 7.89. The molecule has 0 saturated carbocycles. The van der Waals surface area contributed by atoms with Crippen molar-refractivity contribution in [1.82, 2.24) is 4.31 Å². The van der Waals surface area contributed by atoms with Gasteiger partial charge in [0.05, 0.1) is 24.2 Å². The zero-order chi connectivity index (χ0) is 19.4. The van der Waals surface area contributed by atoms with E-state index >= 15 is 0 Å². The number of likely N-dealkylation sites (N-methyl/N-ethyl adjacent to an activating group) is 1. The monoisotopic (exact) mass is 374 g/mol. The first-order valence-corrected chi connectivity index (χ1v) is 8.79. The lowest BCUT2D eigenvalue weighted by Crippen LogP contribution is -2.47. The number of hydrogen-bond acceptors (Lipinski definition) is 7. The van der Waals surface area contributed by atoms with Gasteiger partial charge in [0.2, 0.25) is 0 Å². The quantitative estimate of drug-likeness (QED) is 0.404. The third-order valence-electron chi connectivity index (χ3n) is 3.31. The molecule has 1 atom stereocenters. The van der Waals surface area contributed by atoms with Crippen LogP contribution in [0.5, 0.6) is 0 Å². The van der Waals surface area contributed by atoms with E-state index in [0.717, 1.165) is 30.6 Å². The van der Waals surface area contributed by atoms with Crippen molar-refractivity contribution in [3.63, 3.8) is 0 Å². The predicted octanol–water partition coefficient (Wildman–Crippen LogP) is 1.57. The standard InChI is InChI=1S/C15H22N2O7S/c1-15(2,3)24-10-12(14(18)23-5)16(4)25(21,22)13-9-7-6-8-11(13)17(19)20/h6-9,12H,10H2,1-5H3. The molecule has 0 radical (unpaired) electrons. The molecule has 1 aromatic rings. The third kappa shape index (κ3) is 5.21. The molecule has 10 heteroatoms. The number of methoxy groups -OCH3 is 1. The highest BCUT2D eigenvalue weighted by Gasteiger charge is 2.38. The van der Waals surface area contributed by atoms with Gasteiger partial charge in [0.1, 0.15) is 6.04 Å². The number of nitro benzene ring substituents is 1. The average Bonchev–Trinajstić information content (AvgIpc) is 2.53. The summed E-state index contributed by atoms with van der Waals surface area (Å²) in [5.41, 5.74) is -1.19. The summed E-state index contributed by atoms with van der Waals surface area (Å²) in [6.45, 7) is 4.99. The van der Waals surface area contributed by atoms with Crippen molar-refractivity contribution in [1.29, 1.82) is 0 Å². The van der Waals surface area contributed by atoms with Gasteiger partial charge in [-0.15, -0.1) is 0 Å². The van der Waals surface area contributed by atoms with Crippen molar-refractivity contribution >= 4 is 21.7 Å². The van der Waals surface area contributed by atoms with Crippen LogP contribution in [-0.4, -0.2) is 56.0 Å². The van der Waals surface area contributed by atoms with Crippen molar-refractivity contribution in [2.24, 2.45) is 0 Å². The highest BCUT2D eigenvalue weighted by molar-refractivity contribution is 7.89. The molecule has 0 aromatic heterocycles. The maximum Gasteiger partial charge on any atom is 0.326 e. The SMILES string of the molecule is COC(=O)C(COC(C)(C)C)N(C)S(=O)(=O)c1ccccc1[N+](=O)[O-]. The summed E-state index contributed by atoms with van der Waals surface area (Å²) < 4.78 is 36.5. The number of nitro groups is 1. The molecule has 0 saturated heterocycles. The number of nitrogens with zero attached hydrogens (tertiary/aromatic N) is 2. The Balaban J connectivity index is 3.29. The van der Waals surface area contributed by atoms with E-state index in [0.29, 0.717) is 0 Å². The van der Waals surface area contributed by atoms with Gasteiger partial charge in [0.15, 0.2) is 4.90 Å². The molecule has 0 fully saturated rings. The summed E-state index contributed by atoms with van der Waals surface area (Å²) in [5.74, 6) is -0.825. The average molecular weight is 374 g/mol. The molecule has 0 aliphatic rings. The summed E-state index contributed by atoms with van der Waals surface area (Å²) in [5, 5.41) is 11.1. The molecule has 0 heterocycles. The highest BCUT2D eigenvalue weighted by Crippen LogP contribution is 2.27. The van der Waals surface area contributed by atoms with E-state index in [2.05, 4.69) is 4.74 Å². The minimum Gasteiger partial charge on any atom is -0.468 e. The fourth-order valence-corrected chi connectivity index (χ4v) is 3.38. The number of carbonyl (C=O) groups is 1. The number of esters is 1. The Morgan fingerprint density at radius 2 is 1.88 bits per heavy atom. The maximum atomic E-state index is 12.8. The molecule has 1 unspecified atom stereocenters. The van der Waals surface area contributed by atoms with Gasteiger partial charge in [-0.1, -0.05) is 12.1 Å². The minimum absolute atomic E-state index is 0.257. The van der Waals surface area contributed by atoms with E-state index in [9.17, 15) is 23.3 Å². The number of benzene rings is 1. The molecule has 0 N–H and O–H groups in total. The highest BCUT2D eigenvalue weighted by atomic mass is 32.2. The van der Waals surface area contributed by atoms with Gasteiger partial charge in [0.25, 0.3) is 15.7 Å². The maximum absolute atomic E-state index is 12.8. The third-order valence-corrected chi connectivity index (χ3v) is 5.22. The van der Waals surface area contributed by atoms with Crippen LogP contribution in [0.2, 0.25) is 0 Å². The van der Waals surface area contributed by atoms with Crippen LogP contribution in [0.25, 0.3) is 0 Å². The lowest BCUT2D eigenvalue weighted by atomic mass is 10.2. The molecular weight excluding hydrogens is 352 g/mol. The van der Waals surface area contributed by atoms with E-state index in [1.54, 1.807) is 20.8 Å². The lowest BCUT2D eigenvalue weighted by Gasteiger charge is -2.28. The van der Waals surface area contributed by atoms with Crippen LogP contribution in [0.15, 0.2) is 29.2 Å². The summed E-state index contributed by atoms with van der Waals surface area (Å²) in [6, 6.07) is 3.64. The number of hydrogen-bond donors (Lipinski definition) is 0. The Bertz CT molecular complexity index is 740. The summed E-state index contributed by atoms with van der Waals surface area (Å²) in [6.07, 6.45) is 0. The van der Waals surface area contributed by atoms with Crippen LogP contribution in [0.4, 0.5) is 5.69 Å². The fourth-order valence-electron chi connectivity index (χ4n) is 1.94. The normalized spacial score (nSPS) is 13.5. The van der Waals surface area contributed by atoms with Gasteiger partial charge in [-0.05, 0) is 26.8 Å². The van der Waals surface area contributed by atoms with Gasteiger partial charge in [0, 0.05) is 13.1 Å². The van der Waals surface area contributed by atoms with Crippen LogP contribution in [-0.2, 0) is 24.3 Å². The van der Waals surface area contributed by atoms with Crippen molar-refractivity contribution in [2.75, 3.05) is 20.8 Å². The first-order chi connectivity index (χ1) is 11.4. The predicted molar refractivity (Wildman–Crippen MR) is 89.6 cm³/mol. The van der Waals surface area contributed by atoms with Crippen molar-refractivity contribution in [2.45, 2.75) is 37.3 Å². The van der Waals surface area contributed by atoms with Gasteiger partial charge in [-0.2, -0.15) is 4.31 Å². The molecular formula is C15H22N2O7S. The molecule has 140 valence electrons. The van der Waals surface area contributed by atoms with Gasteiger partial charge < -0.3 is 9.47 Å². The Hall–Kier alpha value is -2.04. The Morgan fingerprint density at radius 1 is 1.32 bits per heavy atom. The number of para-hydroxylation sites is 1. The number of carbonyl (C=O) groups excluding carboxylic acids is 1. The van der Waals surface area contributed by atoms with Gasteiger partial charge in [-0.25, -0.2) is 8.42 Å². The van der Waals surface area contributed by atoms with Crippen LogP contribution in [0, 0.1) is 10.1 Å². The van der Waals surface area contributed by atoms with Crippen LogP contribution >= 0.6 is 0 Å². The Kier molecular flexibility index (Phi) is 6.63. The Labute approximate surface area is 146 Å². The lowest BCUT2D eigenvalue weighted by molar-refractivity contribution is -0.387. The second-order valence-corrected chi connectivity index (χ2v) is 8.17. The van der Waals surface area contributed by atoms with E-state index in [-0.39, 0.29) is 6.61 Å². The fraction of sp³-hybridized carbons (Fsp3) is 0.533. The number of sulfonamides is 1. The number of ether oxygens (including phenoxy) is 2. The summed E-state index contributed by atoms with van der Waals surface area (Å²) in [4.78, 5) is 21.8. The van der Waals surface area contributed by atoms with Crippen LogP contribution in [0.1, 0.15) is 20.8 Å². The minimum atomic E-state index is -4.33. The topological polar surface area (TPSA) is 116 Å². The van der Waals surface area contributed by atoms with Crippen LogP contribution < -0.4 is 0 Å².